The predicted molar refractivity (Wildman–Crippen MR) is 48.8 cm³/mol. The van der Waals surface area contributed by atoms with Crippen molar-refractivity contribution < 1.29 is 8.83 Å². The Balaban J connectivity index is 2.41. The van der Waals surface area contributed by atoms with Gasteiger partial charge < -0.3 is 8.83 Å². The maximum atomic E-state index is 5.73. The van der Waals surface area contributed by atoms with Crippen LogP contribution in [0.2, 0.25) is 5.22 Å². The second-order valence-electron chi connectivity index (χ2n) is 2.39. The topological polar surface area (TPSA) is 39.2 Å². The maximum Gasteiger partial charge on any atom is 0.231 e. The number of rotatable bonds is 2. The van der Waals surface area contributed by atoms with Crippen LogP contribution in [0.15, 0.2) is 27.4 Å². The summed E-state index contributed by atoms with van der Waals surface area (Å²) in [5, 5.41) is 0.267. The summed E-state index contributed by atoms with van der Waals surface area (Å²) in [5.74, 6) is 0.744. The molecule has 0 saturated carbocycles. The molecule has 0 bridgehead atoms. The van der Waals surface area contributed by atoms with Crippen LogP contribution in [-0.4, -0.2) is 4.98 Å². The van der Waals surface area contributed by atoms with Crippen LogP contribution in [0.25, 0.3) is 11.5 Å². The molecule has 2 heterocycles. The second-order valence-corrected chi connectivity index (χ2v) is 3.00. The minimum atomic E-state index is 0.267. The van der Waals surface area contributed by atoms with Gasteiger partial charge in [-0.25, -0.2) is 4.98 Å². The number of oxazole rings is 1. The highest BCUT2D eigenvalue weighted by atomic mass is 35.5. The number of halogens is 2. The van der Waals surface area contributed by atoms with Gasteiger partial charge in [0.25, 0.3) is 0 Å². The highest BCUT2D eigenvalue weighted by Gasteiger charge is 2.11. The van der Waals surface area contributed by atoms with Gasteiger partial charge in [-0.1, -0.05) is 0 Å². The summed E-state index contributed by atoms with van der Waals surface area (Å²) in [6.45, 7) is 0. The van der Waals surface area contributed by atoms with Crippen LogP contribution < -0.4 is 0 Å². The fourth-order valence-electron chi connectivity index (χ4n) is 0.938. The summed E-state index contributed by atoms with van der Waals surface area (Å²) in [6, 6.07) is 1.69. The monoisotopic (exact) mass is 217 g/mol. The number of nitrogens with zero attached hydrogens (tertiary/aromatic N) is 1. The average Bonchev–Trinajstić information content (AvgIpc) is 2.71. The normalized spacial score (nSPS) is 10.6. The van der Waals surface area contributed by atoms with Crippen LogP contribution in [0.4, 0.5) is 0 Å². The second kappa shape index (κ2) is 3.44. The van der Waals surface area contributed by atoms with E-state index >= 15 is 0 Å². The molecule has 3 nitrogen and oxygen atoms in total. The summed E-state index contributed by atoms with van der Waals surface area (Å²) in [4.78, 5) is 4.09. The van der Waals surface area contributed by atoms with Crippen molar-refractivity contribution in [2.45, 2.75) is 5.88 Å². The lowest BCUT2D eigenvalue weighted by atomic mass is 10.3. The standard InChI is InChI=1S/C8H5Cl2NO2/c9-3-5-4-13-8(11-5)6-1-2-12-7(6)10/h1-2,4H,3H2. The molecule has 5 heteroatoms. The van der Waals surface area contributed by atoms with Crippen molar-refractivity contribution in [2.24, 2.45) is 0 Å². The molecule has 0 N–H and O–H groups in total. The zero-order valence-corrected chi connectivity index (χ0v) is 7.97. The number of hydrogen-bond donors (Lipinski definition) is 0. The van der Waals surface area contributed by atoms with E-state index in [9.17, 15) is 0 Å². The first kappa shape index (κ1) is 8.66. The van der Waals surface area contributed by atoms with Gasteiger partial charge in [0.05, 0.1) is 23.4 Å². The Kier molecular flexibility index (Phi) is 2.29. The Hall–Kier alpha value is -0.930. The van der Waals surface area contributed by atoms with Crippen molar-refractivity contribution >= 4 is 23.2 Å². The molecular weight excluding hydrogens is 213 g/mol. The summed E-state index contributed by atoms with van der Waals surface area (Å²) < 4.78 is 10.0. The van der Waals surface area contributed by atoms with Gasteiger partial charge in [-0.05, 0) is 17.7 Å². The van der Waals surface area contributed by atoms with Gasteiger partial charge >= 0.3 is 0 Å². The van der Waals surface area contributed by atoms with Crippen molar-refractivity contribution in [3.8, 4) is 11.5 Å². The first-order valence-electron chi connectivity index (χ1n) is 3.55. The Labute approximate surface area is 84.3 Å². The van der Waals surface area contributed by atoms with Gasteiger partial charge in [-0.2, -0.15) is 0 Å². The molecule has 0 amide bonds. The molecule has 0 fully saturated rings. The molecule has 2 aromatic rings. The van der Waals surface area contributed by atoms with Crippen molar-refractivity contribution in [3.63, 3.8) is 0 Å². The zero-order valence-electron chi connectivity index (χ0n) is 6.46. The highest BCUT2D eigenvalue weighted by Crippen LogP contribution is 2.28. The van der Waals surface area contributed by atoms with Crippen LogP contribution in [0, 0.1) is 0 Å². The Morgan fingerprint density at radius 2 is 2.23 bits per heavy atom. The summed E-state index contributed by atoms with van der Waals surface area (Å²) >= 11 is 11.3. The van der Waals surface area contributed by atoms with E-state index in [4.69, 9.17) is 32.0 Å². The Morgan fingerprint density at radius 1 is 1.38 bits per heavy atom. The lowest BCUT2D eigenvalue weighted by molar-refractivity contribution is 0.558. The largest absolute Gasteiger partial charge is 0.452 e. The van der Waals surface area contributed by atoms with E-state index in [1.165, 1.54) is 12.5 Å². The fourth-order valence-corrected chi connectivity index (χ4v) is 1.26. The fraction of sp³-hybridized carbons (Fsp3) is 0.125. The third-order valence-corrected chi connectivity index (χ3v) is 2.10. The summed E-state index contributed by atoms with van der Waals surface area (Å²) in [6.07, 6.45) is 2.97. The maximum absolute atomic E-state index is 5.73. The van der Waals surface area contributed by atoms with E-state index in [-0.39, 0.29) is 5.22 Å². The van der Waals surface area contributed by atoms with Crippen molar-refractivity contribution in [3.05, 3.63) is 29.5 Å². The smallest absolute Gasteiger partial charge is 0.231 e. The Bertz CT molecular complexity index is 408. The molecule has 0 aliphatic carbocycles. The average molecular weight is 218 g/mol. The van der Waals surface area contributed by atoms with Crippen LogP contribution in [0.1, 0.15) is 5.69 Å². The van der Waals surface area contributed by atoms with E-state index in [1.807, 2.05) is 0 Å². The van der Waals surface area contributed by atoms with Gasteiger partial charge in [0.2, 0.25) is 11.1 Å². The molecule has 2 rings (SSSR count). The van der Waals surface area contributed by atoms with Gasteiger partial charge in [-0.3, -0.25) is 0 Å². The third-order valence-electron chi connectivity index (χ3n) is 1.54. The zero-order chi connectivity index (χ0) is 9.26. The minimum Gasteiger partial charge on any atom is -0.452 e. The van der Waals surface area contributed by atoms with Crippen LogP contribution in [-0.2, 0) is 5.88 Å². The first-order valence-corrected chi connectivity index (χ1v) is 4.46. The number of aromatic nitrogens is 1. The van der Waals surface area contributed by atoms with Crippen LogP contribution in [0.5, 0.6) is 0 Å². The van der Waals surface area contributed by atoms with Crippen molar-refractivity contribution in [1.82, 2.24) is 4.98 Å². The van der Waals surface area contributed by atoms with E-state index in [2.05, 4.69) is 4.98 Å². The molecule has 0 aliphatic heterocycles. The molecule has 0 aliphatic rings. The molecule has 68 valence electrons. The molecule has 0 aromatic carbocycles. The van der Waals surface area contributed by atoms with E-state index in [0.29, 0.717) is 23.0 Å². The van der Waals surface area contributed by atoms with Gasteiger partial charge in [0.1, 0.15) is 6.26 Å². The van der Waals surface area contributed by atoms with E-state index in [1.54, 1.807) is 6.07 Å². The summed E-state index contributed by atoms with van der Waals surface area (Å²) in [5.41, 5.74) is 1.31. The summed E-state index contributed by atoms with van der Waals surface area (Å²) in [7, 11) is 0. The lowest BCUT2D eigenvalue weighted by Gasteiger charge is -1.87. The lowest BCUT2D eigenvalue weighted by Crippen LogP contribution is -1.77. The number of furan rings is 1. The van der Waals surface area contributed by atoms with Gasteiger partial charge in [-0.15, -0.1) is 11.6 Å². The molecule has 0 saturated heterocycles. The Morgan fingerprint density at radius 3 is 2.77 bits per heavy atom. The van der Waals surface area contributed by atoms with Crippen molar-refractivity contribution in [2.75, 3.05) is 0 Å². The van der Waals surface area contributed by atoms with Crippen molar-refractivity contribution in [1.29, 1.82) is 0 Å². The molecule has 0 unspecified atom stereocenters. The van der Waals surface area contributed by atoms with Gasteiger partial charge in [0, 0.05) is 0 Å². The third kappa shape index (κ3) is 1.57. The highest BCUT2D eigenvalue weighted by molar-refractivity contribution is 6.31. The molecule has 2 aromatic heterocycles. The van der Waals surface area contributed by atoms with Crippen LogP contribution in [0.3, 0.4) is 0 Å². The SMILES string of the molecule is ClCc1coc(-c2ccoc2Cl)n1. The molecule has 0 atom stereocenters. The minimum absolute atomic E-state index is 0.267. The van der Waals surface area contributed by atoms with Gasteiger partial charge in [0.15, 0.2) is 0 Å². The van der Waals surface area contributed by atoms with Crippen LogP contribution >= 0.6 is 23.2 Å². The molecule has 0 radical (unpaired) electrons. The quantitative estimate of drug-likeness (QED) is 0.725. The molecule has 0 spiro atoms. The number of alkyl halides is 1. The molecular formula is C8H5Cl2NO2. The predicted octanol–water partition coefficient (Wildman–Crippen LogP) is 3.33. The van der Waals surface area contributed by atoms with E-state index in [0.717, 1.165) is 0 Å². The van der Waals surface area contributed by atoms with E-state index < -0.39 is 0 Å². The first-order chi connectivity index (χ1) is 6.31. The molecule has 13 heavy (non-hydrogen) atoms. The number of hydrogen-bond acceptors (Lipinski definition) is 3.